The standard InChI is InChI=1S/C29H24N2O4S/c1-19-9-5-8-14-25(19)31-28(33)26(20-10-3-2-4-11-20)36-22-17-15-21(16-18-22)30-27(32)23-12-6-7-13-24(23)29(34)35/h2-18,26H,1H3,(H,30,32)(H,31,33)(H,34,35). The number of carboxylic acid groups (broad SMARTS) is 1. The van der Waals surface area contributed by atoms with Gasteiger partial charge < -0.3 is 15.7 Å². The van der Waals surface area contributed by atoms with Gasteiger partial charge >= 0.3 is 5.97 Å². The number of rotatable bonds is 8. The quantitative estimate of drug-likeness (QED) is 0.245. The molecule has 6 nitrogen and oxygen atoms in total. The fourth-order valence-electron chi connectivity index (χ4n) is 3.63. The van der Waals surface area contributed by atoms with Crippen molar-refractivity contribution in [1.82, 2.24) is 0 Å². The Morgan fingerprint density at radius 1 is 0.722 bits per heavy atom. The Labute approximate surface area is 213 Å². The van der Waals surface area contributed by atoms with Gasteiger partial charge in [0.25, 0.3) is 5.91 Å². The normalized spacial score (nSPS) is 11.4. The van der Waals surface area contributed by atoms with Crippen LogP contribution in [0.15, 0.2) is 108 Å². The van der Waals surface area contributed by atoms with Crippen LogP contribution in [0.3, 0.4) is 0 Å². The van der Waals surface area contributed by atoms with Crippen LogP contribution in [0.2, 0.25) is 0 Å². The Morgan fingerprint density at radius 3 is 2.00 bits per heavy atom. The smallest absolute Gasteiger partial charge is 0.336 e. The van der Waals surface area contributed by atoms with E-state index in [1.165, 1.54) is 23.9 Å². The largest absolute Gasteiger partial charge is 0.478 e. The highest BCUT2D eigenvalue weighted by Gasteiger charge is 2.23. The number of benzene rings is 4. The first-order chi connectivity index (χ1) is 17.4. The Bertz CT molecular complexity index is 1390. The van der Waals surface area contributed by atoms with Crippen LogP contribution in [-0.4, -0.2) is 22.9 Å². The van der Waals surface area contributed by atoms with E-state index in [1.54, 1.807) is 24.3 Å². The van der Waals surface area contributed by atoms with E-state index in [0.717, 1.165) is 21.7 Å². The number of para-hydroxylation sites is 1. The summed E-state index contributed by atoms with van der Waals surface area (Å²) in [6, 6.07) is 30.3. The van der Waals surface area contributed by atoms with Crippen molar-refractivity contribution in [2.45, 2.75) is 17.1 Å². The van der Waals surface area contributed by atoms with E-state index in [9.17, 15) is 19.5 Å². The molecule has 0 fully saturated rings. The lowest BCUT2D eigenvalue weighted by atomic mass is 10.1. The first-order valence-electron chi connectivity index (χ1n) is 11.2. The predicted octanol–water partition coefficient (Wildman–Crippen LogP) is 6.42. The molecule has 3 N–H and O–H groups in total. The average Bonchev–Trinajstić information content (AvgIpc) is 2.90. The van der Waals surface area contributed by atoms with Gasteiger partial charge in [0.2, 0.25) is 5.91 Å². The number of carbonyl (C=O) groups excluding carboxylic acids is 2. The van der Waals surface area contributed by atoms with Gasteiger partial charge in [-0.25, -0.2) is 4.79 Å². The molecule has 0 bridgehead atoms. The van der Waals surface area contributed by atoms with Gasteiger partial charge in [-0.05, 0) is 60.5 Å². The van der Waals surface area contributed by atoms with Crippen molar-refractivity contribution in [3.63, 3.8) is 0 Å². The van der Waals surface area contributed by atoms with Crippen LogP contribution in [0, 0.1) is 6.92 Å². The van der Waals surface area contributed by atoms with E-state index in [1.807, 2.05) is 73.7 Å². The maximum absolute atomic E-state index is 13.3. The lowest BCUT2D eigenvalue weighted by molar-refractivity contribution is -0.115. The van der Waals surface area contributed by atoms with Crippen molar-refractivity contribution in [3.05, 3.63) is 125 Å². The summed E-state index contributed by atoms with van der Waals surface area (Å²) in [6.45, 7) is 1.95. The van der Waals surface area contributed by atoms with Crippen LogP contribution in [0.5, 0.6) is 0 Å². The minimum Gasteiger partial charge on any atom is -0.478 e. The molecule has 0 spiro atoms. The van der Waals surface area contributed by atoms with Gasteiger partial charge in [-0.15, -0.1) is 11.8 Å². The molecule has 0 aromatic heterocycles. The molecule has 36 heavy (non-hydrogen) atoms. The SMILES string of the molecule is Cc1ccccc1NC(=O)C(Sc1ccc(NC(=O)c2ccccc2C(=O)O)cc1)c1ccccc1. The number of nitrogens with one attached hydrogen (secondary N) is 2. The number of anilines is 2. The highest BCUT2D eigenvalue weighted by atomic mass is 32.2. The molecule has 180 valence electrons. The second-order valence-corrected chi connectivity index (χ2v) is 9.22. The van der Waals surface area contributed by atoms with Crippen molar-refractivity contribution >= 4 is 40.9 Å². The lowest BCUT2D eigenvalue weighted by Gasteiger charge is -2.18. The molecule has 2 amide bonds. The predicted molar refractivity (Wildman–Crippen MR) is 143 cm³/mol. The van der Waals surface area contributed by atoms with E-state index in [0.29, 0.717) is 5.69 Å². The molecule has 1 atom stereocenters. The molecule has 4 aromatic carbocycles. The number of carboxylic acids is 1. The van der Waals surface area contributed by atoms with Gasteiger partial charge in [-0.1, -0.05) is 60.7 Å². The van der Waals surface area contributed by atoms with Gasteiger partial charge in [0, 0.05) is 16.3 Å². The molecule has 1 unspecified atom stereocenters. The molecule has 0 radical (unpaired) electrons. The Morgan fingerprint density at radius 2 is 1.33 bits per heavy atom. The number of thioether (sulfide) groups is 1. The maximum atomic E-state index is 13.3. The average molecular weight is 497 g/mol. The third kappa shape index (κ3) is 6.00. The number of aryl methyl sites for hydroxylation is 1. The molecule has 4 rings (SSSR count). The fraction of sp³-hybridized carbons (Fsp3) is 0.0690. The van der Waals surface area contributed by atoms with Crippen LogP contribution < -0.4 is 10.6 Å². The van der Waals surface area contributed by atoms with Gasteiger partial charge in [-0.2, -0.15) is 0 Å². The van der Waals surface area contributed by atoms with Crippen LogP contribution in [0.1, 0.15) is 37.1 Å². The number of amides is 2. The number of hydrogen-bond donors (Lipinski definition) is 3. The van der Waals surface area contributed by atoms with E-state index >= 15 is 0 Å². The molecule has 4 aromatic rings. The molecule has 0 aliphatic carbocycles. The zero-order valence-electron chi connectivity index (χ0n) is 19.5. The first-order valence-corrected chi connectivity index (χ1v) is 12.1. The summed E-state index contributed by atoms with van der Waals surface area (Å²) in [4.78, 5) is 38.2. The molecule has 0 saturated carbocycles. The minimum absolute atomic E-state index is 0.0625. The number of carbonyl (C=O) groups is 3. The molecular weight excluding hydrogens is 472 g/mol. The topological polar surface area (TPSA) is 95.5 Å². The van der Waals surface area contributed by atoms with E-state index < -0.39 is 17.1 Å². The Balaban J connectivity index is 1.51. The van der Waals surface area contributed by atoms with Crippen molar-refractivity contribution in [2.24, 2.45) is 0 Å². The summed E-state index contributed by atoms with van der Waals surface area (Å²) in [5.74, 6) is -1.81. The van der Waals surface area contributed by atoms with Crippen LogP contribution in [0.4, 0.5) is 11.4 Å². The summed E-state index contributed by atoms with van der Waals surface area (Å²) >= 11 is 1.40. The first kappa shape index (κ1) is 24.8. The van der Waals surface area contributed by atoms with Gasteiger partial charge in [0.1, 0.15) is 5.25 Å². The van der Waals surface area contributed by atoms with E-state index in [4.69, 9.17) is 0 Å². The second kappa shape index (κ2) is 11.4. The van der Waals surface area contributed by atoms with Gasteiger partial charge in [-0.3, -0.25) is 9.59 Å². The maximum Gasteiger partial charge on any atom is 0.336 e. The zero-order valence-corrected chi connectivity index (χ0v) is 20.3. The molecule has 0 aliphatic heterocycles. The van der Waals surface area contributed by atoms with Crippen molar-refractivity contribution in [2.75, 3.05) is 10.6 Å². The highest BCUT2D eigenvalue weighted by Crippen LogP contribution is 2.37. The molecule has 7 heteroatoms. The van der Waals surface area contributed by atoms with Crippen LogP contribution >= 0.6 is 11.8 Å². The summed E-state index contributed by atoms with van der Waals surface area (Å²) in [5, 5.41) is 14.6. The van der Waals surface area contributed by atoms with Crippen molar-refractivity contribution < 1.29 is 19.5 Å². The molecule has 0 saturated heterocycles. The van der Waals surface area contributed by atoms with Gasteiger partial charge in [0.05, 0.1) is 11.1 Å². The summed E-state index contributed by atoms with van der Waals surface area (Å²) in [7, 11) is 0. The molecular formula is C29H24N2O4S. The summed E-state index contributed by atoms with van der Waals surface area (Å²) < 4.78 is 0. The third-order valence-electron chi connectivity index (χ3n) is 5.51. The number of hydrogen-bond acceptors (Lipinski definition) is 4. The van der Waals surface area contributed by atoms with E-state index in [2.05, 4.69) is 10.6 Å². The Hall–Kier alpha value is -4.36. The van der Waals surface area contributed by atoms with Crippen LogP contribution in [0.25, 0.3) is 0 Å². The van der Waals surface area contributed by atoms with Crippen molar-refractivity contribution in [3.8, 4) is 0 Å². The van der Waals surface area contributed by atoms with Crippen LogP contribution in [-0.2, 0) is 4.79 Å². The summed E-state index contributed by atoms with van der Waals surface area (Å²) in [6.07, 6.45) is 0. The monoisotopic (exact) mass is 496 g/mol. The molecule has 0 heterocycles. The zero-order chi connectivity index (χ0) is 25.5. The van der Waals surface area contributed by atoms with E-state index in [-0.39, 0.29) is 17.0 Å². The highest BCUT2D eigenvalue weighted by molar-refractivity contribution is 8.00. The number of aromatic carboxylic acids is 1. The summed E-state index contributed by atoms with van der Waals surface area (Å²) in [5.41, 5.74) is 3.16. The fourth-order valence-corrected chi connectivity index (χ4v) is 4.66. The van der Waals surface area contributed by atoms with Crippen molar-refractivity contribution in [1.29, 1.82) is 0 Å². The second-order valence-electron chi connectivity index (χ2n) is 8.04. The molecule has 0 aliphatic rings. The Kier molecular flexibility index (Phi) is 7.82. The van der Waals surface area contributed by atoms with Gasteiger partial charge in [0.15, 0.2) is 0 Å². The minimum atomic E-state index is -1.16. The third-order valence-corrected chi connectivity index (χ3v) is 6.78. The lowest BCUT2D eigenvalue weighted by Crippen LogP contribution is -2.19.